The van der Waals surface area contributed by atoms with Gasteiger partial charge in [-0.25, -0.2) is 0 Å². The lowest BCUT2D eigenvalue weighted by molar-refractivity contribution is 0.0249. The normalized spacial score (nSPS) is 24.4. The minimum atomic E-state index is -1.20. The molecule has 1 aromatic heterocycles. The van der Waals surface area contributed by atoms with Gasteiger partial charge in [0.05, 0.1) is 5.52 Å². The summed E-state index contributed by atoms with van der Waals surface area (Å²) in [4.78, 5) is 4.57. The Morgan fingerprint density at radius 3 is 3.00 bits per heavy atom. The maximum atomic E-state index is 10.1. The van der Waals surface area contributed by atoms with Crippen LogP contribution in [0.4, 0.5) is 0 Å². The summed E-state index contributed by atoms with van der Waals surface area (Å²) >= 11 is 0. The van der Waals surface area contributed by atoms with E-state index in [9.17, 15) is 5.11 Å². The Labute approximate surface area is 93.9 Å². The van der Waals surface area contributed by atoms with Crippen molar-refractivity contribution in [3.05, 3.63) is 41.6 Å². The van der Waals surface area contributed by atoms with E-state index in [1.165, 1.54) is 0 Å². The van der Waals surface area contributed by atoms with Crippen molar-refractivity contribution in [1.29, 1.82) is 0 Å². The Bertz CT molecular complexity index is 549. The number of hydrogen-bond donors (Lipinski definition) is 2. The molecule has 1 aliphatic carbocycles. The van der Waals surface area contributed by atoms with E-state index in [1.54, 1.807) is 0 Å². The maximum absolute atomic E-state index is 10.1. The van der Waals surface area contributed by atoms with Gasteiger partial charge in [-0.2, -0.15) is 0 Å². The minimum absolute atomic E-state index is 0.611. The zero-order chi connectivity index (χ0) is 11.2. The molecule has 1 aliphatic rings. The van der Waals surface area contributed by atoms with E-state index in [1.807, 2.05) is 30.3 Å². The largest absolute Gasteiger partial charge is 0.372 e. The van der Waals surface area contributed by atoms with E-state index >= 15 is 0 Å². The first kappa shape index (κ1) is 9.75. The molecule has 16 heavy (non-hydrogen) atoms. The number of aromatic nitrogens is 1. The second kappa shape index (κ2) is 3.27. The summed E-state index contributed by atoms with van der Waals surface area (Å²) in [7, 11) is 0. The van der Waals surface area contributed by atoms with E-state index in [0.29, 0.717) is 6.42 Å². The molecule has 2 aromatic rings. The summed E-state index contributed by atoms with van der Waals surface area (Å²) in [6.07, 6.45) is 2.41. The average Bonchev–Trinajstić information content (AvgIpc) is 2.27. The number of benzene rings is 1. The lowest BCUT2D eigenvalue weighted by Gasteiger charge is -2.30. The fraction of sp³-hybridized carbons (Fsp3) is 0.308. The molecule has 3 nitrogen and oxygen atoms in total. The fourth-order valence-electron chi connectivity index (χ4n) is 2.38. The highest BCUT2D eigenvalue weighted by molar-refractivity contribution is 5.79. The Hall–Kier alpha value is -1.45. The van der Waals surface area contributed by atoms with Gasteiger partial charge in [-0.05, 0) is 31.4 Å². The predicted molar refractivity (Wildman–Crippen MR) is 62.8 cm³/mol. The molecule has 3 rings (SSSR count). The third kappa shape index (κ3) is 1.40. The van der Waals surface area contributed by atoms with Crippen LogP contribution >= 0.6 is 0 Å². The standard InChI is InChI=1S/C13H14N2O/c14-13(16)7-3-6-12-10(13)8-9-4-1-2-5-11(9)15-12/h1-2,4-5,8,16H,3,6-7,14H2. The molecule has 0 amide bonds. The molecule has 0 radical (unpaired) electrons. The van der Waals surface area contributed by atoms with Crippen LogP contribution in [0.1, 0.15) is 24.1 Å². The first-order valence-electron chi connectivity index (χ1n) is 5.57. The molecule has 1 heterocycles. The molecule has 0 spiro atoms. The number of para-hydroxylation sites is 1. The SMILES string of the molecule is NC1(O)CCCc2nc3ccccc3cc21. The lowest BCUT2D eigenvalue weighted by atomic mass is 9.87. The van der Waals surface area contributed by atoms with Crippen molar-refractivity contribution in [2.75, 3.05) is 0 Å². The zero-order valence-corrected chi connectivity index (χ0v) is 8.98. The van der Waals surface area contributed by atoms with Crippen LogP contribution in [0.5, 0.6) is 0 Å². The number of hydrogen-bond acceptors (Lipinski definition) is 3. The number of fused-ring (bicyclic) bond motifs is 2. The molecule has 0 aliphatic heterocycles. The number of nitrogens with zero attached hydrogens (tertiary/aromatic N) is 1. The quantitative estimate of drug-likeness (QED) is 0.656. The van der Waals surface area contributed by atoms with Crippen molar-refractivity contribution < 1.29 is 5.11 Å². The Morgan fingerprint density at radius 2 is 2.12 bits per heavy atom. The van der Waals surface area contributed by atoms with E-state index in [0.717, 1.165) is 35.0 Å². The number of pyridine rings is 1. The van der Waals surface area contributed by atoms with E-state index in [4.69, 9.17) is 5.73 Å². The molecular formula is C13H14N2O. The van der Waals surface area contributed by atoms with Crippen LogP contribution in [-0.4, -0.2) is 10.1 Å². The molecule has 82 valence electrons. The Kier molecular flexibility index (Phi) is 1.99. The number of rotatable bonds is 0. The van der Waals surface area contributed by atoms with Crippen molar-refractivity contribution in [2.24, 2.45) is 5.73 Å². The molecule has 0 saturated carbocycles. The molecule has 0 saturated heterocycles. The third-order valence-corrected chi connectivity index (χ3v) is 3.24. The second-order valence-electron chi connectivity index (χ2n) is 4.45. The lowest BCUT2D eigenvalue weighted by Crippen LogP contribution is -2.40. The summed E-state index contributed by atoms with van der Waals surface area (Å²) in [5, 5.41) is 11.2. The van der Waals surface area contributed by atoms with Crippen LogP contribution in [0.15, 0.2) is 30.3 Å². The maximum Gasteiger partial charge on any atom is 0.141 e. The van der Waals surface area contributed by atoms with Gasteiger partial charge in [0.25, 0.3) is 0 Å². The molecular weight excluding hydrogens is 200 g/mol. The molecule has 0 bridgehead atoms. The summed E-state index contributed by atoms with van der Waals surface area (Å²) < 4.78 is 0. The highest BCUT2D eigenvalue weighted by atomic mass is 16.3. The topological polar surface area (TPSA) is 59.1 Å². The molecule has 0 fully saturated rings. The predicted octanol–water partition coefficient (Wildman–Crippen LogP) is 1.67. The van der Waals surface area contributed by atoms with Gasteiger partial charge >= 0.3 is 0 Å². The van der Waals surface area contributed by atoms with Gasteiger partial charge in [-0.3, -0.25) is 10.7 Å². The van der Waals surface area contributed by atoms with Gasteiger partial charge < -0.3 is 5.11 Å². The van der Waals surface area contributed by atoms with Crippen LogP contribution in [0.2, 0.25) is 0 Å². The van der Waals surface area contributed by atoms with Crippen molar-refractivity contribution >= 4 is 10.9 Å². The molecule has 1 atom stereocenters. The zero-order valence-electron chi connectivity index (χ0n) is 8.98. The average molecular weight is 214 g/mol. The van der Waals surface area contributed by atoms with Crippen molar-refractivity contribution in [1.82, 2.24) is 4.98 Å². The van der Waals surface area contributed by atoms with Crippen molar-refractivity contribution in [3.63, 3.8) is 0 Å². The molecule has 3 heteroatoms. The van der Waals surface area contributed by atoms with Crippen LogP contribution in [0.3, 0.4) is 0 Å². The summed E-state index contributed by atoms with van der Waals surface area (Å²) in [5.41, 5.74) is 7.39. The summed E-state index contributed by atoms with van der Waals surface area (Å²) in [5.74, 6) is 0. The van der Waals surface area contributed by atoms with Crippen LogP contribution in [0.25, 0.3) is 10.9 Å². The summed E-state index contributed by atoms with van der Waals surface area (Å²) in [6.45, 7) is 0. The fourth-order valence-corrected chi connectivity index (χ4v) is 2.38. The van der Waals surface area contributed by atoms with Crippen LogP contribution in [0, 0.1) is 0 Å². The highest BCUT2D eigenvalue weighted by Crippen LogP contribution is 2.32. The van der Waals surface area contributed by atoms with E-state index in [2.05, 4.69) is 4.98 Å². The highest BCUT2D eigenvalue weighted by Gasteiger charge is 2.31. The Morgan fingerprint density at radius 1 is 1.31 bits per heavy atom. The first-order chi connectivity index (χ1) is 7.67. The smallest absolute Gasteiger partial charge is 0.141 e. The second-order valence-corrected chi connectivity index (χ2v) is 4.45. The van der Waals surface area contributed by atoms with Crippen molar-refractivity contribution in [2.45, 2.75) is 25.0 Å². The van der Waals surface area contributed by atoms with Crippen molar-refractivity contribution in [3.8, 4) is 0 Å². The molecule has 1 unspecified atom stereocenters. The minimum Gasteiger partial charge on any atom is -0.372 e. The first-order valence-corrected chi connectivity index (χ1v) is 5.57. The van der Waals surface area contributed by atoms with E-state index < -0.39 is 5.72 Å². The third-order valence-electron chi connectivity index (χ3n) is 3.24. The van der Waals surface area contributed by atoms with Gasteiger partial charge in [0.1, 0.15) is 5.72 Å². The number of nitrogens with two attached hydrogens (primary N) is 1. The van der Waals surface area contributed by atoms with Crippen LogP contribution < -0.4 is 5.73 Å². The van der Waals surface area contributed by atoms with E-state index in [-0.39, 0.29) is 0 Å². The number of aliphatic hydroxyl groups is 1. The van der Waals surface area contributed by atoms with Crippen LogP contribution in [-0.2, 0) is 12.1 Å². The Balaban J connectivity index is 2.30. The summed E-state index contributed by atoms with van der Waals surface area (Å²) in [6, 6.07) is 9.89. The molecule has 1 aromatic carbocycles. The van der Waals surface area contributed by atoms with Gasteiger partial charge in [0, 0.05) is 16.6 Å². The molecule has 3 N–H and O–H groups in total. The van der Waals surface area contributed by atoms with Gasteiger partial charge in [-0.15, -0.1) is 0 Å². The number of aryl methyl sites for hydroxylation is 1. The monoisotopic (exact) mass is 214 g/mol. The van der Waals surface area contributed by atoms with Gasteiger partial charge in [0.2, 0.25) is 0 Å². The van der Waals surface area contributed by atoms with Gasteiger partial charge in [-0.1, -0.05) is 18.2 Å². The van der Waals surface area contributed by atoms with Gasteiger partial charge in [0.15, 0.2) is 0 Å².